The standard InChI is InChI=1S/C19H21N/c20-19-17(12-16-4-1-2-7-18(16)19)11-13-8-9-14-5-3-6-15(14)10-13/h1-2,4,7-10,17,19H,3,5-6,11-12,20H2. The molecule has 0 heterocycles. The first-order chi connectivity index (χ1) is 9.81. The molecule has 2 aromatic rings. The highest BCUT2D eigenvalue weighted by molar-refractivity contribution is 5.38. The van der Waals surface area contributed by atoms with Gasteiger partial charge in [-0.05, 0) is 65.8 Å². The number of nitrogens with two attached hydrogens (primary N) is 1. The van der Waals surface area contributed by atoms with Gasteiger partial charge < -0.3 is 5.73 Å². The van der Waals surface area contributed by atoms with Gasteiger partial charge >= 0.3 is 0 Å². The molecule has 20 heavy (non-hydrogen) atoms. The Kier molecular flexibility index (Phi) is 2.89. The molecule has 2 N–H and O–H groups in total. The molecule has 0 aromatic heterocycles. The van der Waals surface area contributed by atoms with Gasteiger partial charge in [0.05, 0.1) is 0 Å². The summed E-state index contributed by atoms with van der Waals surface area (Å²) in [6, 6.07) is 16.0. The summed E-state index contributed by atoms with van der Waals surface area (Å²) in [6.07, 6.45) is 6.11. The summed E-state index contributed by atoms with van der Waals surface area (Å²) in [7, 11) is 0. The molecular weight excluding hydrogens is 242 g/mol. The van der Waals surface area contributed by atoms with Gasteiger partial charge in [0.25, 0.3) is 0 Å². The van der Waals surface area contributed by atoms with E-state index in [4.69, 9.17) is 5.73 Å². The predicted molar refractivity (Wildman–Crippen MR) is 82.7 cm³/mol. The second-order valence-corrected chi connectivity index (χ2v) is 6.35. The SMILES string of the molecule is NC1c2ccccc2CC1Cc1ccc2c(c1)CCC2. The van der Waals surface area contributed by atoms with E-state index in [1.54, 1.807) is 11.1 Å². The quantitative estimate of drug-likeness (QED) is 0.880. The molecule has 1 heteroatoms. The fraction of sp³-hybridized carbons (Fsp3) is 0.368. The van der Waals surface area contributed by atoms with Crippen LogP contribution in [0.1, 0.15) is 40.3 Å². The lowest BCUT2D eigenvalue weighted by Crippen LogP contribution is -2.19. The smallest absolute Gasteiger partial charge is 0.0332 e. The van der Waals surface area contributed by atoms with Crippen molar-refractivity contribution < 1.29 is 0 Å². The molecule has 0 bridgehead atoms. The number of aryl methyl sites for hydroxylation is 2. The molecule has 0 aliphatic heterocycles. The first-order valence-corrected chi connectivity index (χ1v) is 7.75. The first kappa shape index (κ1) is 12.2. The van der Waals surface area contributed by atoms with Crippen LogP contribution in [0.3, 0.4) is 0 Å². The van der Waals surface area contributed by atoms with Crippen LogP contribution < -0.4 is 5.73 Å². The Balaban J connectivity index is 1.56. The Labute approximate surface area is 120 Å². The summed E-state index contributed by atoms with van der Waals surface area (Å²) in [4.78, 5) is 0. The molecule has 4 rings (SSSR count). The van der Waals surface area contributed by atoms with Crippen molar-refractivity contribution >= 4 is 0 Å². The summed E-state index contributed by atoms with van der Waals surface area (Å²) >= 11 is 0. The van der Waals surface area contributed by atoms with Crippen molar-refractivity contribution in [3.63, 3.8) is 0 Å². The zero-order valence-electron chi connectivity index (χ0n) is 11.8. The molecule has 2 aromatic carbocycles. The average Bonchev–Trinajstić information content (AvgIpc) is 3.05. The van der Waals surface area contributed by atoms with E-state index in [9.17, 15) is 0 Å². The van der Waals surface area contributed by atoms with Crippen LogP contribution in [0.4, 0.5) is 0 Å². The van der Waals surface area contributed by atoms with Gasteiger partial charge in [0.15, 0.2) is 0 Å². The van der Waals surface area contributed by atoms with Crippen LogP contribution in [-0.4, -0.2) is 0 Å². The van der Waals surface area contributed by atoms with Crippen LogP contribution in [0.5, 0.6) is 0 Å². The van der Waals surface area contributed by atoms with E-state index >= 15 is 0 Å². The van der Waals surface area contributed by atoms with Gasteiger partial charge in [-0.25, -0.2) is 0 Å². The van der Waals surface area contributed by atoms with Gasteiger partial charge in [0.2, 0.25) is 0 Å². The summed E-state index contributed by atoms with van der Waals surface area (Å²) in [5, 5.41) is 0. The molecular formula is C19H21N. The van der Waals surface area contributed by atoms with Crippen molar-refractivity contribution in [2.24, 2.45) is 11.7 Å². The third-order valence-corrected chi connectivity index (χ3v) is 5.06. The fourth-order valence-electron chi connectivity index (χ4n) is 3.96. The number of hydrogen-bond donors (Lipinski definition) is 1. The monoisotopic (exact) mass is 263 g/mol. The minimum atomic E-state index is 0.208. The maximum Gasteiger partial charge on any atom is 0.0332 e. The van der Waals surface area contributed by atoms with Crippen LogP contribution >= 0.6 is 0 Å². The highest BCUT2D eigenvalue weighted by Gasteiger charge is 2.29. The van der Waals surface area contributed by atoms with Crippen LogP contribution in [-0.2, 0) is 25.7 Å². The molecule has 102 valence electrons. The summed E-state index contributed by atoms with van der Waals surface area (Å²) in [5.41, 5.74) is 13.9. The minimum absolute atomic E-state index is 0.208. The molecule has 2 aliphatic carbocycles. The summed E-state index contributed by atoms with van der Waals surface area (Å²) in [5.74, 6) is 0.562. The van der Waals surface area contributed by atoms with Gasteiger partial charge in [0, 0.05) is 6.04 Å². The molecule has 2 atom stereocenters. The molecule has 2 unspecified atom stereocenters. The van der Waals surface area contributed by atoms with Crippen LogP contribution in [0.25, 0.3) is 0 Å². The highest BCUT2D eigenvalue weighted by Crippen LogP contribution is 2.36. The van der Waals surface area contributed by atoms with Crippen LogP contribution in [0, 0.1) is 5.92 Å². The van der Waals surface area contributed by atoms with Crippen molar-refractivity contribution in [1.29, 1.82) is 0 Å². The van der Waals surface area contributed by atoms with E-state index in [1.165, 1.54) is 36.0 Å². The van der Waals surface area contributed by atoms with Gasteiger partial charge in [-0.1, -0.05) is 42.5 Å². The zero-order valence-corrected chi connectivity index (χ0v) is 11.8. The molecule has 0 saturated carbocycles. The van der Waals surface area contributed by atoms with E-state index in [-0.39, 0.29) is 6.04 Å². The highest BCUT2D eigenvalue weighted by atomic mass is 14.7. The average molecular weight is 263 g/mol. The van der Waals surface area contributed by atoms with E-state index in [0.717, 1.165) is 12.8 Å². The zero-order chi connectivity index (χ0) is 13.5. The van der Waals surface area contributed by atoms with E-state index in [0.29, 0.717) is 5.92 Å². The Bertz CT molecular complexity index is 644. The number of benzene rings is 2. The van der Waals surface area contributed by atoms with Crippen LogP contribution in [0.15, 0.2) is 42.5 Å². The Hall–Kier alpha value is -1.60. The van der Waals surface area contributed by atoms with Crippen molar-refractivity contribution in [3.05, 3.63) is 70.3 Å². The van der Waals surface area contributed by atoms with Crippen molar-refractivity contribution in [2.45, 2.75) is 38.1 Å². The Morgan fingerprint density at radius 2 is 1.80 bits per heavy atom. The molecule has 0 saturated heterocycles. The Morgan fingerprint density at radius 3 is 2.70 bits per heavy atom. The minimum Gasteiger partial charge on any atom is -0.324 e. The van der Waals surface area contributed by atoms with Crippen molar-refractivity contribution in [3.8, 4) is 0 Å². The summed E-state index contributed by atoms with van der Waals surface area (Å²) in [6.45, 7) is 0. The lowest BCUT2D eigenvalue weighted by molar-refractivity contribution is 0.465. The lowest BCUT2D eigenvalue weighted by Gasteiger charge is -2.16. The molecule has 0 fully saturated rings. The molecule has 0 amide bonds. The second-order valence-electron chi connectivity index (χ2n) is 6.35. The lowest BCUT2D eigenvalue weighted by atomic mass is 9.92. The first-order valence-electron chi connectivity index (χ1n) is 7.75. The maximum atomic E-state index is 6.45. The third kappa shape index (κ3) is 1.97. The van der Waals surface area contributed by atoms with Crippen molar-refractivity contribution in [2.75, 3.05) is 0 Å². The van der Waals surface area contributed by atoms with Gasteiger partial charge in [-0.15, -0.1) is 0 Å². The number of hydrogen-bond acceptors (Lipinski definition) is 1. The maximum absolute atomic E-state index is 6.45. The van der Waals surface area contributed by atoms with E-state index in [1.807, 2.05) is 0 Å². The van der Waals surface area contributed by atoms with Gasteiger partial charge in [-0.2, -0.15) is 0 Å². The van der Waals surface area contributed by atoms with Crippen molar-refractivity contribution in [1.82, 2.24) is 0 Å². The molecule has 0 radical (unpaired) electrons. The van der Waals surface area contributed by atoms with E-state index in [2.05, 4.69) is 42.5 Å². The Morgan fingerprint density at radius 1 is 0.950 bits per heavy atom. The molecule has 1 nitrogen and oxygen atoms in total. The number of fused-ring (bicyclic) bond motifs is 2. The normalized spacial score (nSPS) is 23.6. The largest absolute Gasteiger partial charge is 0.324 e. The topological polar surface area (TPSA) is 26.0 Å². The third-order valence-electron chi connectivity index (χ3n) is 5.06. The molecule has 2 aliphatic rings. The van der Waals surface area contributed by atoms with Gasteiger partial charge in [0.1, 0.15) is 0 Å². The van der Waals surface area contributed by atoms with Crippen LogP contribution in [0.2, 0.25) is 0 Å². The second kappa shape index (κ2) is 4.75. The van der Waals surface area contributed by atoms with Gasteiger partial charge in [-0.3, -0.25) is 0 Å². The molecule has 0 spiro atoms. The number of rotatable bonds is 2. The summed E-state index contributed by atoms with van der Waals surface area (Å²) < 4.78 is 0. The van der Waals surface area contributed by atoms with E-state index < -0.39 is 0 Å². The fourth-order valence-corrected chi connectivity index (χ4v) is 3.96. The predicted octanol–water partition coefficient (Wildman–Crippen LogP) is 3.59.